The first-order valence-electron chi connectivity index (χ1n) is 6.64. The minimum Gasteiger partial charge on any atom is -0.333 e. The number of halogens is 1. The Morgan fingerprint density at radius 2 is 2.30 bits per heavy atom. The van der Waals surface area contributed by atoms with E-state index in [4.69, 9.17) is 0 Å². The van der Waals surface area contributed by atoms with E-state index in [1.54, 1.807) is 29.7 Å². The van der Waals surface area contributed by atoms with Crippen molar-refractivity contribution in [3.8, 4) is 0 Å². The average Bonchev–Trinajstić information content (AvgIpc) is 3.12. The Hall–Kier alpha value is -1.75. The fraction of sp³-hybridized carbons (Fsp3) is 0.333. The summed E-state index contributed by atoms with van der Waals surface area (Å²) in [5, 5.41) is 2.86. The third kappa shape index (κ3) is 3.22. The number of thiazole rings is 1. The maximum absolute atomic E-state index is 13.2. The molecule has 0 aliphatic heterocycles. The zero-order valence-electron chi connectivity index (χ0n) is 11.0. The lowest BCUT2D eigenvalue weighted by Crippen LogP contribution is -2.33. The minimum absolute atomic E-state index is 0.0494. The number of aromatic nitrogens is 1. The van der Waals surface area contributed by atoms with Gasteiger partial charge in [0.05, 0.1) is 13.0 Å². The van der Waals surface area contributed by atoms with Crippen molar-refractivity contribution in [2.24, 2.45) is 0 Å². The number of benzene rings is 1. The van der Waals surface area contributed by atoms with Crippen LogP contribution in [0.15, 0.2) is 35.8 Å². The third-order valence-corrected chi connectivity index (χ3v) is 4.11. The van der Waals surface area contributed by atoms with Crippen molar-refractivity contribution in [2.45, 2.75) is 31.8 Å². The molecule has 0 bridgehead atoms. The van der Waals surface area contributed by atoms with Crippen molar-refractivity contribution >= 4 is 17.2 Å². The van der Waals surface area contributed by atoms with E-state index in [-0.39, 0.29) is 18.1 Å². The van der Waals surface area contributed by atoms with Crippen LogP contribution in [-0.2, 0) is 17.8 Å². The van der Waals surface area contributed by atoms with E-state index in [2.05, 4.69) is 4.98 Å². The molecule has 1 aliphatic rings. The SMILES string of the molecule is O=C(Cc1cccc(F)c1)N(Cc1nccs1)C1CC1. The maximum atomic E-state index is 13.2. The van der Waals surface area contributed by atoms with Gasteiger partial charge in [-0.25, -0.2) is 9.37 Å². The van der Waals surface area contributed by atoms with Gasteiger partial charge in [0.2, 0.25) is 5.91 Å². The number of amides is 1. The highest BCUT2D eigenvalue weighted by atomic mass is 32.1. The standard InChI is InChI=1S/C15H15FN2OS/c16-12-3-1-2-11(8-12)9-15(19)18(13-4-5-13)10-14-17-6-7-20-14/h1-3,6-8,13H,4-5,9-10H2. The quantitative estimate of drug-likeness (QED) is 0.848. The van der Waals surface area contributed by atoms with Gasteiger partial charge in [0.25, 0.3) is 0 Å². The summed E-state index contributed by atoms with van der Waals surface area (Å²) in [5.74, 6) is -0.249. The van der Waals surface area contributed by atoms with Crippen molar-refractivity contribution in [3.05, 3.63) is 52.2 Å². The molecule has 1 aromatic carbocycles. The minimum atomic E-state index is -0.298. The summed E-state index contributed by atoms with van der Waals surface area (Å²) in [7, 11) is 0. The van der Waals surface area contributed by atoms with Crippen LogP contribution in [0.4, 0.5) is 4.39 Å². The molecule has 3 nitrogen and oxygen atoms in total. The molecule has 104 valence electrons. The Labute approximate surface area is 121 Å². The maximum Gasteiger partial charge on any atom is 0.227 e. The zero-order valence-corrected chi connectivity index (χ0v) is 11.8. The van der Waals surface area contributed by atoms with E-state index in [1.165, 1.54) is 12.1 Å². The molecule has 1 fully saturated rings. The normalized spacial score (nSPS) is 14.2. The lowest BCUT2D eigenvalue weighted by molar-refractivity contribution is -0.131. The number of nitrogens with zero attached hydrogens (tertiary/aromatic N) is 2. The van der Waals surface area contributed by atoms with Crippen LogP contribution >= 0.6 is 11.3 Å². The Kier molecular flexibility index (Phi) is 3.78. The van der Waals surface area contributed by atoms with Gasteiger partial charge in [0.1, 0.15) is 10.8 Å². The van der Waals surface area contributed by atoms with E-state index >= 15 is 0 Å². The van der Waals surface area contributed by atoms with Crippen LogP contribution in [0.5, 0.6) is 0 Å². The predicted molar refractivity (Wildman–Crippen MR) is 75.8 cm³/mol. The summed E-state index contributed by atoms with van der Waals surface area (Å²) in [6.45, 7) is 0.566. The molecule has 0 N–H and O–H groups in total. The number of carbonyl (C=O) groups excluding carboxylic acids is 1. The third-order valence-electron chi connectivity index (χ3n) is 3.34. The van der Waals surface area contributed by atoms with Crippen LogP contribution in [0.3, 0.4) is 0 Å². The van der Waals surface area contributed by atoms with Crippen molar-refractivity contribution in [1.82, 2.24) is 9.88 Å². The van der Waals surface area contributed by atoms with Crippen molar-refractivity contribution < 1.29 is 9.18 Å². The topological polar surface area (TPSA) is 33.2 Å². The van der Waals surface area contributed by atoms with Gasteiger partial charge in [-0.3, -0.25) is 4.79 Å². The summed E-state index contributed by atoms with van der Waals surface area (Å²) in [5.41, 5.74) is 0.722. The monoisotopic (exact) mass is 290 g/mol. The molecule has 0 spiro atoms. The van der Waals surface area contributed by atoms with Gasteiger partial charge in [-0.15, -0.1) is 11.3 Å². The van der Waals surface area contributed by atoms with Crippen LogP contribution in [0, 0.1) is 5.82 Å². The van der Waals surface area contributed by atoms with Crippen LogP contribution < -0.4 is 0 Å². The van der Waals surface area contributed by atoms with E-state index in [9.17, 15) is 9.18 Å². The van der Waals surface area contributed by atoms with Crippen LogP contribution in [-0.4, -0.2) is 21.8 Å². The molecule has 1 amide bonds. The van der Waals surface area contributed by atoms with Gasteiger partial charge in [-0.2, -0.15) is 0 Å². The molecule has 0 radical (unpaired) electrons. The van der Waals surface area contributed by atoms with Gasteiger partial charge in [-0.05, 0) is 30.5 Å². The fourth-order valence-corrected chi connectivity index (χ4v) is 2.82. The molecule has 1 aliphatic carbocycles. The lowest BCUT2D eigenvalue weighted by atomic mass is 10.1. The first-order chi connectivity index (χ1) is 9.72. The van der Waals surface area contributed by atoms with Gasteiger partial charge in [-0.1, -0.05) is 12.1 Å². The van der Waals surface area contributed by atoms with Gasteiger partial charge < -0.3 is 4.90 Å². The molecule has 20 heavy (non-hydrogen) atoms. The molecule has 1 saturated carbocycles. The second-order valence-electron chi connectivity index (χ2n) is 4.99. The zero-order chi connectivity index (χ0) is 13.9. The van der Waals surface area contributed by atoms with Crippen LogP contribution in [0.25, 0.3) is 0 Å². The first kappa shape index (κ1) is 13.2. The summed E-state index contributed by atoms with van der Waals surface area (Å²) < 4.78 is 13.2. The highest BCUT2D eigenvalue weighted by Gasteiger charge is 2.32. The molecule has 1 heterocycles. The van der Waals surface area contributed by atoms with Gasteiger partial charge in [0, 0.05) is 17.6 Å². The molecule has 3 rings (SSSR count). The molecule has 5 heteroatoms. The van der Waals surface area contributed by atoms with E-state index < -0.39 is 0 Å². The first-order valence-corrected chi connectivity index (χ1v) is 7.52. The second kappa shape index (κ2) is 5.71. The summed E-state index contributed by atoms with van der Waals surface area (Å²) >= 11 is 1.56. The molecule has 0 atom stereocenters. The van der Waals surface area contributed by atoms with Crippen molar-refractivity contribution in [1.29, 1.82) is 0 Å². The summed E-state index contributed by atoms with van der Waals surface area (Å²) in [4.78, 5) is 18.5. The smallest absolute Gasteiger partial charge is 0.227 e. The molecule has 0 unspecified atom stereocenters. The summed E-state index contributed by atoms with van der Waals surface area (Å²) in [6.07, 6.45) is 4.11. The van der Waals surface area contributed by atoms with E-state index in [0.29, 0.717) is 12.6 Å². The van der Waals surface area contributed by atoms with Crippen molar-refractivity contribution in [3.63, 3.8) is 0 Å². The summed E-state index contributed by atoms with van der Waals surface area (Å²) in [6, 6.07) is 6.57. The largest absolute Gasteiger partial charge is 0.333 e. The Morgan fingerprint density at radius 3 is 2.95 bits per heavy atom. The van der Waals surface area contributed by atoms with Crippen LogP contribution in [0.2, 0.25) is 0 Å². The second-order valence-corrected chi connectivity index (χ2v) is 5.96. The molecule has 1 aromatic heterocycles. The number of rotatable bonds is 5. The Morgan fingerprint density at radius 1 is 1.45 bits per heavy atom. The molecular weight excluding hydrogens is 275 g/mol. The Bertz CT molecular complexity index is 596. The van der Waals surface area contributed by atoms with Crippen LogP contribution in [0.1, 0.15) is 23.4 Å². The predicted octanol–water partition coefficient (Wildman–Crippen LogP) is 3.02. The van der Waals surface area contributed by atoms with E-state index in [1.807, 2.05) is 10.3 Å². The highest BCUT2D eigenvalue weighted by molar-refractivity contribution is 7.09. The number of carbonyl (C=O) groups is 1. The molecular formula is C15H15FN2OS. The fourth-order valence-electron chi connectivity index (χ4n) is 2.21. The molecule has 2 aromatic rings. The van der Waals surface area contributed by atoms with Gasteiger partial charge >= 0.3 is 0 Å². The van der Waals surface area contributed by atoms with E-state index in [0.717, 1.165) is 23.4 Å². The lowest BCUT2D eigenvalue weighted by Gasteiger charge is -2.21. The highest BCUT2D eigenvalue weighted by Crippen LogP contribution is 2.29. The van der Waals surface area contributed by atoms with Gasteiger partial charge in [0.15, 0.2) is 0 Å². The average molecular weight is 290 g/mol. The Balaban J connectivity index is 1.69. The number of hydrogen-bond acceptors (Lipinski definition) is 3. The number of hydrogen-bond donors (Lipinski definition) is 0. The van der Waals surface area contributed by atoms with Crippen molar-refractivity contribution in [2.75, 3.05) is 0 Å². The molecule has 0 saturated heterocycles.